The molecular weight excluding hydrogens is 398 g/mol. The summed E-state index contributed by atoms with van der Waals surface area (Å²) in [6, 6.07) is 22.1. The Labute approximate surface area is 187 Å². The highest BCUT2D eigenvalue weighted by atomic mass is 16.1. The Morgan fingerprint density at radius 1 is 0.969 bits per heavy atom. The number of aromatic nitrogens is 3. The van der Waals surface area contributed by atoms with Crippen LogP contribution >= 0.6 is 0 Å². The number of piperidine rings is 1. The van der Waals surface area contributed by atoms with Crippen LogP contribution in [0.2, 0.25) is 0 Å². The first-order chi connectivity index (χ1) is 15.7. The number of hydrogen-bond acceptors (Lipinski definition) is 5. The fourth-order valence-corrected chi connectivity index (χ4v) is 4.25. The van der Waals surface area contributed by atoms with Gasteiger partial charge in [0.05, 0.1) is 23.1 Å². The zero-order chi connectivity index (χ0) is 21.9. The summed E-state index contributed by atoms with van der Waals surface area (Å²) in [5, 5.41) is 13.0. The molecule has 5 rings (SSSR count). The molecule has 0 unspecified atom stereocenters. The Balaban J connectivity index is 1.20. The minimum Gasteiger partial charge on any atom is -0.355 e. The van der Waals surface area contributed by atoms with Crippen LogP contribution in [0.1, 0.15) is 18.4 Å². The number of anilines is 2. The summed E-state index contributed by atoms with van der Waals surface area (Å²) >= 11 is 0. The number of benzene rings is 2. The summed E-state index contributed by atoms with van der Waals surface area (Å²) in [6.07, 6.45) is 3.29. The molecule has 1 fully saturated rings. The zero-order valence-electron chi connectivity index (χ0n) is 18.0. The number of carbonyl (C=O) groups excluding carboxylic acids is 1. The molecule has 0 spiro atoms. The number of amides is 1. The van der Waals surface area contributed by atoms with Crippen molar-refractivity contribution in [3.8, 4) is 11.3 Å². The van der Waals surface area contributed by atoms with Gasteiger partial charge in [-0.15, -0.1) is 10.2 Å². The quantitative estimate of drug-likeness (QED) is 0.508. The Bertz CT molecular complexity index is 1250. The van der Waals surface area contributed by atoms with E-state index < -0.39 is 0 Å². The van der Waals surface area contributed by atoms with Crippen molar-refractivity contribution in [2.24, 2.45) is 5.92 Å². The third kappa shape index (κ3) is 4.17. The summed E-state index contributed by atoms with van der Waals surface area (Å²) in [5.41, 5.74) is 4.83. The molecule has 1 aliphatic rings. The van der Waals surface area contributed by atoms with Crippen molar-refractivity contribution >= 4 is 28.3 Å². The van der Waals surface area contributed by atoms with Gasteiger partial charge in [-0.05, 0) is 49.6 Å². The molecule has 3 heterocycles. The van der Waals surface area contributed by atoms with E-state index in [1.165, 1.54) is 5.56 Å². The van der Waals surface area contributed by atoms with E-state index in [9.17, 15) is 4.79 Å². The maximum atomic E-state index is 12.8. The first-order valence-corrected chi connectivity index (χ1v) is 11.0. The van der Waals surface area contributed by atoms with E-state index in [1.807, 2.05) is 54.6 Å². The first-order valence-electron chi connectivity index (χ1n) is 11.0. The maximum Gasteiger partial charge on any atom is 0.227 e. The van der Waals surface area contributed by atoms with Crippen LogP contribution in [0.15, 0.2) is 72.9 Å². The molecule has 6 heteroatoms. The minimum absolute atomic E-state index is 0.0167. The second-order valence-corrected chi connectivity index (χ2v) is 8.26. The standard InChI is InChI=1S/C26H25N5O/c1-18-6-2-4-8-22(18)24-10-11-25(30-29-24)31-14-12-19(13-15-31)26(32)28-21-16-20-7-3-5-9-23(20)27-17-21/h2-11,16-17,19H,12-15H2,1H3,(H,28,32). The molecule has 2 aromatic heterocycles. The average Bonchev–Trinajstić information content (AvgIpc) is 2.84. The molecule has 1 amide bonds. The predicted molar refractivity (Wildman–Crippen MR) is 128 cm³/mol. The van der Waals surface area contributed by atoms with Gasteiger partial charge < -0.3 is 10.2 Å². The van der Waals surface area contributed by atoms with Gasteiger partial charge in [-0.3, -0.25) is 9.78 Å². The van der Waals surface area contributed by atoms with Gasteiger partial charge >= 0.3 is 0 Å². The lowest BCUT2D eigenvalue weighted by molar-refractivity contribution is -0.120. The summed E-state index contributed by atoms with van der Waals surface area (Å²) in [5.74, 6) is 0.902. The molecule has 1 saturated heterocycles. The van der Waals surface area contributed by atoms with Gasteiger partial charge in [0.25, 0.3) is 0 Å². The molecule has 0 bridgehead atoms. The van der Waals surface area contributed by atoms with Gasteiger partial charge in [0.15, 0.2) is 5.82 Å². The highest BCUT2D eigenvalue weighted by Crippen LogP contribution is 2.26. The molecular formula is C26H25N5O. The number of para-hydroxylation sites is 1. The van der Waals surface area contributed by atoms with Crippen LogP contribution in [0.25, 0.3) is 22.2 Å². The van der Waals surface area contributed by atoms with Crippen LogP contribution in [-0.2, 0) is 4.79 Å². The van der Waals surface area contributed by atoms with Crippen molar-refractivity contribution in [1.82, 2.24) is 15.2 Å². The Morgan fingerprint density at radius 2 is 1.75 bits per heavy atom. The number of nitrogens with one attached hydrogen (secondary N) is 1. The number of rotatable bonds is 4. The van der Waals surface area contributed by atoms with E-state index in [0.29, 0.717) is 0 Å². The van der Waals surface area contributed by atoms with E-state index >= 15 is 0 Å². The molecule has 32 heavy (non-hydrogen) atoms. The molecule has 1 N–H and O–H groups in total. The predicted octanol–water partition coefficient (Wildman–Crippen LogP) is 4.86. The van der Waals surface area contributed by atoms with Crippen molar-refractivity contribution in [3.05, 3.63) is 78.5 Å². The lowest BCUT2D eigenvalue weighted by Gasteiger charge is -2.31. The van der Waals surface area contributed by atoms with Gasteiger partial charge in [0.1, 0.15) is 0 Å². The number of carbonyl (C=O) groups is 1. The number of nitrogens with zero attached hydrogens (tertiary/aromatic N) is 4. The third-order valence-electron chi connectivity index (χ3n) is 6.12. The van der Waals surface area contributed by atoms with Crippen LogP contribution in [0.3, 0.4) is 0 Å². The van der Waals surface area contributed by atoms with Crippen LogP contribution in [0, 0.1) is 12.8 Å². The fourth-order valence-electron chi connectivity index (χ4n) is 4.25. The molecule has 0 aliphatic carbocycles. The summed E-state index contributed by atoms with van der Waals surface area (Å²) in [6.45, 7) is 3.65. The summed E-state index contributed by atoms with van der Waals surface area (Å²) in [7, 11) is 0. The number of fused-ring (bicyclic) bond motifs is 1. The van der Waals surface area contributed by atoms with Crippen LogP contribution in [0.5, 0.6) is 0 Å². The fraction of sp³-hybridized carbons (Fsp3) is 0.231. The summed E-state index contributed by atoms with van der Waals surface area (Å²) < 4.78 is 0. The zero-order valence-corrected chi connectivity index (χ0v) is 18.0. The van der Waals surface area contributed by atoms with Crippen LogP contribution in [-0.4, -0.2) is 34.2 Å². The van der Waals surface area contributed by atoms with E-state index in [4.69, 9.17) is 0 Å². The van der Waals surface area contributed by atoms with E-state index in [-0.39, 0.29) is 11.8 Å². The van der Waals surface area contributed by atoms with Crippen molar-refractivity contribution in [2.45, 2.75) is 19.8 Å². The minimum atomic E-state index is -0.0167. The highest BCUT2D eigenvalue weighted by molar-refractivity contribution is 5.94. The number of aryl methyl sites for hydroxylation is 1. The average molecular weight is 424 g/mol. The third-order valence-corrected chi connectivity index (χ3v) is 6.12. The largest absolute Gasteiger partial charge is 0.355 e. The van der Waals surface area contributed by atoms with Crippen LogP contribution < -0.4 is 10.2 Å². The van der Waals surface area contributed by atoms with Gasteiger partial charge in [-0.25, -0.2) is 0 Å². The number of hydrogen-bond donors (Lipinski definition) is 1. The maximum absolute atomic E-state index is 12.8. The van der Waals surface area contributed by atoms with Gasteiger partial charge in [0.2, 0.25) is 5.91 Å². The molecule has 2 aromatic carbocycles. The Morgan fingerprint density at radius 3 is 2.53 bits per heavy atom. The van der Waals surface area contributed by atoms with E-state index in [2.05, 4.69) is 44.5 Å². The van der Waals surface area contributed by atoms with E-state index in [0.717, 1.165) is 59.6 Å². The van der Waals surface area contributed by atoms with Crippen molar-refractivity contribution in [1.29, 1.82) is 0 Å². The highest BCUT2D eigenvalue weighted by Gasteiger charge is 2.26. The van der Waals surface area contributed by atoms with Crippen molar-refractivity contribution < 1.29 is 4.79 Å². The van der Waals surface area contributed by atoms with Gasteiger partial charge in [0, 0.05) is 30.0 Å². The van der Waals surface area contributed by atoms with Gasteiger partial charge in [-0.2, -0.15) is 0 Å². The second kappa shape index (κ2) is 8.75. The smallest absolute Gasteiger partial charge is 0.227 e. The molecule has 0 radical (unpaired) electrons. The number of pyridine rings is 1. The lowest BCUT2D eigenvalue weighted by atomic mass is 9.95. The summed E-state index contributed by atoms with van der Waals surface area (Å²) in [4.78, 5) is 19.4. The topological polar surface area (TPSA) is 71.0 Å². The molecule has 6 nitrogen and oxygen atoms in total. The monoisotopic (exact) mass is 423 g/mol. The molecule has 0 atom stereocenters. The van der Waals surface area contributed by atoms with E-state index in [1.54, 1.807) is 6.20 Å². The molecule has 160 valence electrons. The molecule has 0 saturated carbocycles. The van der Waals surface area contributed by atoms with Crippen molar-refractivity contribution in [3.63, 3.8) is 0 Å². The Hall–Kier alpha value is -3.80. The first kappa shape index (κ1) is 20.1. The van der Waals surface area contributed by atoms with Crippen LogP contribution in [0.4, 0.5) is 11.5 Å². The Kier molecular flexibility index (Phi) is 5.50. The van der Waals surface area contributed by atoms with Crippen molar-refractivity contribution in [2.75, 3.05) is 23.3 Å². The SMILES string of the molecule is Cc1ccccc1-c1ccc(N2CCC(C(=O)Nc3cnc4ccccc4c3)CC2)nn1. The normalized spacial score (nSPS) is 14.5. The molecule has 4 aromatic rings. The van der Waals surface area contributed by atoms with Gasteiger partial charge in [-0.1, -0.05) is 42.5 Å². The second-order valence-electron chi connectivity index (χ2n) is 8.26. The lowest BCUT2D eigenvalue weighted by Crippen LogP contribution is -2.38. The molecule has 1 aliphatic heterocycles.